The molecule has 0 aliphatic heterocycles. The molecule has 0 fully saturated rings. The standard InChI is InChI=1S/C10H19N3O3S/c1-3-8(5-6-14)13-17(15,16)10-7-11-9(4-2)12-10/h7-8,13-14H,3-6H2,1-2H3,(H,11,12). The van der Waals surface area contributed by atoms with Crippen molar-refractivity contribution in [1.29, 1.82) is 0 Å². The van der Waals surface area contributed by atoms with Crippen molar-refractivity contribution in [3.05, 3.63) is 12.0 Å². The number of aromatic nitrogens is 2. The fourth-order valence-electron chi connectivity index (χ4n) is 1.44. The second kappa shape index (κ2) is 6.13. The van der Waals surface area contributed by atoms with Gasteiger partial charge in [0.25, 0.3) is 10.0 Å². The number of rotatable bonds is 7. The number of aliphatic hydroxyl groups excluding tert-OH is 1. The smallest absolute Gasteiger partial charge is 0.257 e. The van der Waals surface area contributed by atoms with E-state index in [1.54, 1.807) is 0 Å². The minimum atomic E-state index is -3.56. The maximum atomic E-state index is 11.9. The van der Waals surface area contributed by atoms with Gasteiger partial charge in [-0.25, -0.2) is 18.1 Å². The maximum absolute atomic E-state index is 11.9. The SMILES string of the molecule is CCc1ncc(S(=O)(=O)NC(CC)CCO)[nH]1. The summed E-state index contributed by atoms with van der Waals surface area (Å²) in [6.07, 6.45) is 3.01. The quantitative estimate of drug-likeness (QED) is 0.662. The zero-order chi connectivity index (χ0) is 12.9. The molecule has 1 heterocycles. The Morgan fingerprint density at radius 2 is 2.24 bits per heavy atom. The van der Waals surface area contributed by atoms with Gasteiger partial charge in [0, 0.05) is 19.1 Å². The number of aliphatic hydroxyl groups is 1. The van der Waals surface area contributed by atoms with Crippen molar-refractivity contribution in [2.75, 3.05) is 6.61 Å². The summed E-state index contributed by atoms with van der Waals surface area (Å²) in [5.74, 6) is 0.639. The predicted octanol–water partition coefficient (Wildman–Crippen LogP) is 0.411. The molecule has 1 atom stereocenters. The van der Waals surface area contributed by atoms with Gasteiger partial charge < -0.3 is 10.1 Å². The minimum absolute atomic E-state index is 0.0375. The summed E-state index contributed by atoms with van der Waals surface area (Å²) >= 11 is 0. The van der Waals surface area contributed by atoms with Gasteiger partial charge in [-0.1, -0.05) is 13.8 Å². The van der Waals surface area contributed by atoms with Gasteiger partial charge in [0.05, 0.1) is 6.20 Å². The Hall–Kier alpha value is -0.920. The summed E-state index contributed by atoms with van der Waals surface area (Å²) in [6.45, 7) is 3.72. The lowest BCUT2D eigenvalue weighted by Crippen LogP contribution is -2.35. The largest absolute Gasteiger partial charge is 0.396 e. The van der Waals surface area contributed by atoms with Gasteiger partial charge in [-0.3, -0.25) is 0 Å². The zero-order valence-electron chi connectivity index (χ0n) is 10.1. The molecule has 7 heteroatoms. The third-order valence-corrected chi connectivity index (χ3v) is 3.95. The Labute approximate surface area is 102 Å². The second-order valence-electron chi connectivity index (χ2n) is 3.79. The van der Waals surface area contributed by atoms with E-state index in [1.165, 1.54) is 6.20 Å². The average molecular weight is 261 g/mol. The van der Waals surface area contributed by atoms with Crippen LogP contribution in [0.4, 0.5) is 0 Å². The number of H-pyrrole nitrogens is 1. The van der Waals surface area contributed by atoms with Gasteiger partial charge in [-0.05, 0) is 12.8 Å². The minimum Gasteiger partial charge on any atom is -0.396 e. The normalized spacial score (nSPS) is 13.8. The zero-order valence-corrected chi connectivity index (χ0v) is 10.9. The molecule has 3 N–H and O–H groups in total. The first-order chi connectivity index (χ1) is 8.03. The Morgan fingerprint density at radius 1 is 1.53 bits per heavy atom. The molecule has 98 valence electrons. The Balaban J connectivity index is 2.80. The van der Waals surface area contributed by atoms with E-state index in [4.69, 9.17) is 5.11 Å². The predicted molar refractivity (Wildman–Crippen MR) is 64.1 cm³/mol. The van der Waals surface area contributed by atoms with Crippen molar-refractivity contribution < 1.29 is 13.5 Å². The number of sulfonamides is 1. The molecule has 0 saturated carbocycles. The lowest BCUT2D eigenvalue weighted by molar-refractivity contribution is 0.270. The molecule has 0 aliphatic rings. The third-order valence-electron chi connectivity index (χ3n) is 2.52. The molecule has 1 aromatic rings. The first-order valence-corrected chi connectivity index (χ1v) is 7.18. The van der Waals surface area contributed by atoms with Crippen LogP contribution in [0.2, 0.25) is 0 Å². The molecule has 6 nitrogen and oxygen atoms in total. The van der Waals surface area contributed by atoms with E-state index >= 15 is 0 Å². The number of imidazole rings is 1. The number of nitrogens with one attached hydrogen (secondary N) is 2. The van der Waals surface area contributed by atoms with Gasteiger partial charge >= 0.3 is 0 Å². The Morgan fingerprint density at radius 3 is 2.71 bits per heavy atom. The van der Waals surface area contributed by atoms with Crippen LogP contribution in [0.5, 0.6) is 0 Å². The van der Waals surface area contributed by atoms with Crippen LogP contribution in [0.15, 0.2) is 11.2 Å². The highest BCUT2D eigenvalue weighted by Gasteiger charge is 2.20. The first kappa shape index (κ1) is 14.1. The Kier molecular flexibility index (Phi) is 5.10. The van der Waals surface area contributed by atoms with Crippen molar-refractivity contribution in [3.63, 3.8) is 0 Å². The molecule has 1 rings (SSSR count). The van der Waals surface area contributed by atoms with Crippen LogP contribution in [0.1, 0.15) is 32.5 Å². The van der Waals surface area contributed by atoms with Crippen LogP contribution >= 0.6 is 0 Å². The van der Waals surface area contributed by atoms with E-state index in [2.05, 4.69) is 14.7 Å². The fraction of sp³-hybridized carbons (Fsp3) is 0.700. The highest BCUT2D eigenvalue weighted by molar-refractivity contribution is 7.89. The topological polar surface area (TPSA) is 95.1 Å². The second-order valence-corrected chi connectivity index (χ2v) is 5.47. The highest BCUT2D eigenvalue weighted by Crippen LogP contribution is 2.09. The molecule has 0 aromatic carbocycles. The summed E-state index contributed by atoms with van der Waals surface area (Å²) < 4.78 is 26.4. The van der Waals surface area contributed by atoms with Gasteiger partial charge in [0.1, 0.15) is 5.82 Å². The van der Waals surface area contributed by atoms with Crippen LogP contribution in [0, 0.1) is 0 Å². The van der Waals surface area contributed by atoms with Crippen LogP contribution in [-0.4, -0.2) is 36.1 Å². The van der Waals surface area contributed by atoms with Crippen molar-refractivity contribution in [1.82, 2.24) is 14.7 Å². The van der Waals surface area contributed by atoms with Crippen molar-refractivity contribution in [3.8, 4) is 0 Å². The number of hydrogen-bond donors (Lipinski definition) is 3. The van der Waals surface area contributed by atoms with Crippen LogP contribution in [0.3, 0.4) is 0 Å². The fourth-order valence-corrected chi connectivity index (χ4v) is 2.74. The molecular formula is C10H19N3O3S. The monoisotopic (exact) mass is 261 g/mol. The highest BCUT2D eigenvalue weighted by atomic mass is 32.2. The van der Waals surface area contributed by atoms with E-state index in [0.717, 1.165) is 0 Å². The Bertz CT molecular complexity index is 441. The number of hydrogen-bond acceptors (Lipinski definition) is 4. The van der Waals surface area contributed by atoms with Gasteiger partial charge in [-0.15, -0.1) is 0 Å². The summed E-state index contributed by atoms with van der Waals surface area (Å²) in [4.78, 5) is 6.71. The lowest BCUT2D eigenvalue weighted by atomic mass is 10.2. The van der Waals surface area contributed by atoms with Crippen LogP contribution in [-0.2, 0) is 16.4 Å². The molecule has 0 spiro atoms. The molecule has 1 unspecified atom stereocenters. The maximum Gasteiger partial charge on any atom is 0.257 e. The van der Waals surface area contributed by atoms with E-state index in [0.29, 0.717) is 25.1 Å². The number of aryl methyl sites for hydroxylation is 1. The molecule has 0 saturated heterocycles. The van der Waals surface area contributed by atoms with Crippen molar-refractivity contribution in [2.45, 2.75) is 44.2 Å². The third kappa shape index (κ3) is 3.79. The lowest BCUT2D eigenvalue weighted by Gasteiger charge is -2.14. The van der Waals surface area contributed by atoms with E-state index in [-0.39, 0.29) is 17.7 Å². The molecule has 0 amide bonds. The van der Waals surface area contributed by atoms with Gasteiger partial charge in [-0.2, -0.15) is 0 Å². The summed E-state index contributed by atoms with van der Waals surface area (Å²) in [5.41, 5.74) is 0. The van der Waals surface area contributed by atoms with E-state index in [9.17, 15) is 8.42 Å². The first-order valence-electron chi connectivity index (χ1n) is 5.70. The molecule has 0 radical (unpaired) electrons. The molecule has 1 aromatic heterocycles. The van der Waals surface area contributed by atoms with E-state index in [1.807, 2.05) is 13.8 Å². The average Bonchev–Trinajstić information content (AvgIpc) is 2.77. The van der Waals surface area contributed by atoms with Crippen molar-refractivity contribution in [2.24, 2.45) is 0 Å². The van der Waals surface area contributed by atoms with Crippen molar-refractivity contribution >= 4 is 10.0 Å². The summed E-state index contributed by atoms with van der Waals surface area (Å²) in [5, 5.41) is 8.90. The van der Waals surface area contributed by atoms with Crippen LogP contribution in [0.25, 0.3) is 0 Å². The number of nitrogens with zero attached hydrogens (tertiary/aromatic N) is 1. The summed E-state index contributed by atoms with van der Waals surface area (Å²) in [7, 11) is -3.56. The van der Waals surface area contributed by atoms with E-state index < -0.39 is 10.0 Å². The van der Waals surface area contributed by atoms with Crippen LogP contribution < -0.4 is 4.72 Å². The molecule has 17 heavy (non-hydrogen) atoms. The molecule has 0 aliphatic carbocycles. The summed E-state index contributed by atoms with van der Waals surface area (Å²) in [6, 6.07) is -0.252. The molecular weight excluding hydrogens is 242 g/mol. The number of aromatic amines is 1. The van der Waals surface area contributed by atoms with Gasteiger partial charge in [0.2, 0.25) is 0 Å². The molecule has 0 bridgehead atoms. The van der Waals surface area contributed by atoms with Gasteiger partial charge in [0.15, 0.2) is 5.03 Å².